The summed E-state index contributed by atoms with van der Waals surface area (Å²) < 4.78 is 6.46. The summed E-state index contributed by atoms with van der Waals surface area (Å²) in [6.07, 6.45) is 0. The van der Waals surface area contributed by atoms with E-state index in [1.165, 1.54) is 11.1 Å². The number of fused-ring (bicyclic) bond motifs is 3. The number of hydrogen-bond acceptors (Lipinski definition) is 4. The molecule has 0 N–H and O–H groups in total. The molecule has 1 aromatic heterocycles. The van der Waals surface area contributed by atoms with Gasteiger partial charge in [-0.1, -0.05) is 114 Å². The van der Waals surface area contributed by atoms with E-state index in [2.05, 4.69) is 253 Å². The Labute approximate surface area is 351 Å². The predicted octanol–water partition coefficient (Wildman–Crippen LogP) is 16.3. The highest BCUT2D eigenvalue weighted by atomic mass is 16.3. The van der Waals surface area contributed by atoms with Crippen molar-refractivity contribution in [2.45, 2.75) is 13.8 Å². The maximum absolute atomic E-state index is 6.46. The lowest BCUT2D eigenvalue weighted by atomic mass is 10.0. The first kappa shape index (κ1) is 36.5. The van der Waals surface area contributed by atoms with Crippen LogP contribution in [0.2, 0.25) is 0 Å². The molecule has 0 spiro atoms. The van der Waals surface area contributed by atoms with Crippen LogP contribution < -0.4 is 14.7 Å². The van der Waals surface area contributed by atoms with Gasteiger partial charge in [0.1, 0.15) is 11.2 Å². The average Bonchev–Trinajstić information content (AvgIpc) is 3.67. The molecule has 10 rings (SSSR count). The fraction of sp³-hybridized carbons (Fsp3) is 0.0357. The minimum absolute atomic E-state index is 0.854. The van der Waals surface area contributed by atoms with E-state index in [0.717, 1.165) is 84.3 Å². The molecular formula is C56H43N3O. The van der Waals surface area contributed by atoms with E-state index in [-0.39, 0.29) is 0 Å². The van der Waals surface area contributed by atoms with E-state index in [0.29, 0.717) is 0 Å². The van der Waals surface area contributed by atoms with Gasteiger partial charge in [0.25, 0.3) is 0 Å². The zero-order valence-corrected chi connectivity index (χ0v) is 33.6. The molecule has 4 heteroatoms. The predicted molar refractivity (Wildman–Crippen MR) is 253 cm³/mol. The molecule has 0 saturated heterocycles. The van der Waals surface area contributed by atoms with Crippen LogP contribution in [-0.4, -0.2) is 0 Å². The van der Waals surface area contributed by atoms with Crippen LogP contribution in [0.25, 0.3) is 33.1 Å². The largest absolute Gasteiger partial charge is 0.456 e. The molecule has 0 amide bonds. The van der Waals surface area contributed by atoms with Crippen molar-refractivity contribution in [3.8, 4) is 11.1 Å². The summed E-state index contributed by atoms with van der Waals surface area (Å²) in [7, 11) is 0. The second kappa shape index (κ2) is 15.8. The third-order valence-corrected chi connectivity index (χ3v) is 11.2. The molecule has 4 nitrogen and oxygen atoms in total. The van der Waals surface area contributed by atoms with E-state index < -0.39 is 0 Å². The van der Waals surface area contributed by atoms with Crippen LogP contribution in [0.4, 0.5) is 51.2 Å². The molecule has 0 bridgehead atoms. The van der Waals surface area contributed by atoms with Crippen molar-refractivity contribution in [1.82, 2.24) is 0 Å². The highest BCUT2D eigenvalue weighted by molar-refractivity contribution is 6.08. The fourth-order valence-corrected chi connectivity index (χ4v) is 8.10. The first-order valence-electron chi connectivity index (χ1n) is 20.4. The van der Waals surface area contributed by atoms with Gasteiger partial charge in [0.05, 0.1) is 0 Å². The number of hydrogen-bond donors (Lipinski definition) is 0. The van der Waals surface area contributed by atoms with Gasteiger partial charge >= 0.3 is 0 Å². The Hall–Kier alpha value is -7.82. The Balaban J connectivity index is 1.00. The minimum atomic E-state index is 0.854. The monoisotopic (exact) mass is 773 g/mol. The molecule has 10 aromatic rings. The van der Waals surface area contributed by atoms with E-state index in [9.17, 15) is 0 Å². The van der Waals surface area contributed by atoms with Crippen molar-refractivity contribution in [2.24, 2.45) is 0 Å². The average molecular weight is 774 g/mol. The highest BCUT2D eigenvalue weighted by Crippen LogP contribution is 2.42. The van der Waals surface area contributed by atoms with Crippen molar-refractivity contribution in [3.63, 3.8) is 0 Å². The van der Waals surface area contributed by atoms with Gasteiger partial charge in [-0.3, -0.25) is 0 Å². The van der Waals surface area contributed by atoms with Gasteiger partial charge in [-0.15, -0.1) is 0 Å². The molecule has 288 valence electrons. The number of benzene rings is 9. The maximum atomic E-state index is 6.46. The SMILES string of the molecule is Cc1ccc(N(c2ccccc2)c2ccc(-c3ccc(N(c4ccccc4)c4ccc5oc6ccc(N(c7ccccc7)c7ccc(C)cc7)cc6c5c4)cc3)cc2)cc1. The zero-order valence-electron chi connectivity index (χ0n) is 33.6. The third-order valence-electron chi connectivity index (χ3n) is 11.2. The Bertz CT molecular complexity index is 3010. The van der Waals surface area contributed by atoms with Crippen LogP contribution in [0.3, 0.4) is 0 Å². The summed E-state index contributed by atoms with van der Waals surface area (Å²) in [5, 5.41) is 2.13. The van der Waals surface area contributed by atoms with Crippen LogP contribution in [0.15, 0.2) is 229 Å². The second-order valence-corrected chi connectivity index (χ2v) is 15.2. The maximum Gasteiger partial charge on any atom is 0.135 e. The number of anilines is 9. The topological polar surface area (TPSA) is 22.9 Å². The molecule has 0 unspecified atom stereocenters. The Kier molecular flexibility index (Phi) is 9.64. The molecule has 1 heterocycles. The summed E-state index contributed by atoms with van der Waals surface area (Å²) in [5.41, 5.74) is 16.3. The number of aryl methyl sites for hydroxylation is 2. The van der Waals surface area contributed by atoms with Crippen LogP contribution in [0.5, 0.6) is 0 Å². The lowest BCUT2D eigenvalue weighted by Gasteiger charge is -2.26. The van der Waals surface area contributed by atoms with Crippen molar-refractivity contribution in [3.05, 3.63) is 236 Å². The van der Waals surface area contributed by atoms with Crippen molar-refractivity contribution in [2.75, 3.05) is 14.7 Å². The lowest BCUT2D eigenvalue weighted by molar-refractivity contribution is 0.669. The molecule has 0 saturated carbocycles. The van der Waals surface area contributed by atoms with Crippen LogP contribution in [0, 0.1) is 13.8 Å². The van der Waals surface area contributed by atoms with Gasteiger partial charge in [0, 0.05) is 62.0 Å². The van der Waals surface area contributed by atoms with E-state index >= 15 is 0 Å². The smallest absolute Gasteiger partial charge is 0.135 e. The standard InChI is InChI=1S/C56H43N3O/c1-40-18-26-47(27-19-40)57(44-12-6-3-7-13-44)49-30-22-42(23-31-49)43-24-32-50(33-25-43)59(46-16-10-5-11-17-46)52-35-37-56-54(39-52)53-38-51(34-36-55(53)60-56)58(45-14-8-4-9-15-45)48-28-20-41(2)21-29-48/h3-39H,1-2H3. The Morgan fingerprint density at radius 2 is 0.533 bits per heavy atom. The minimum Gasteiger partial charge on any atom is -0.456 e. The first-order chi connectivity index (χ1) is 29.6. The van der Waals surface area contributed by atoms with Crippen molar-refractivity contribution >= 4 is 73.1 Å². The van der Waals surface area contributed by atoms with Gasteiger partial charge in [-0.25, -0.2) is 0 Å². The quantitative estimate of drug-likeness (QED) is 0.138. The Morgan fingerprint density at radius 3 is 0.867 bits per heavy atom. The summed E-state index contributed by atoms with van der Waals surface area (Å²) in [4.78, 5) is 6.92. The number of rotatable bonds is 10. The number of nitrogens with zero attached hydrogens (tertiary/aromatic N) is 3. The molecule has 0 aliphatic heterocycles. The van der Waals surface area contributed by atoms with Crippen LogP contribution >= 0.6 is 0 Å². The van der Waals surface area contributed by atoms with Crippen molar-refractivity contribution in [1.29, 1.82) is 0 Å². The normalized spacial score (nSPS) is 11.2. The van der Waals surface area contributed by atoms with Crippen LogP contribution in [0.1, 0.15) is 11.1 Å². The summed E-state index contributed by atoms with van der Waals surface area (Å²) in [6, 6.07) is 79.8. The molecule has 0 atom stereocenters. The lowest BCUT2D eigenvalue weighted by Crippen LogP contribution is -2.10. The third kappa shape index (κ3) is 7.16. The van der Waals surface area contributed by atoms with E-state index in [1.54, 1.807) is 0 Å². The van der Waals surface area contributed by atoms with Gasteiger partial charge < -0.3 is 19.1 Å². The fourth-order valence-electron chi connectivity index (χ4n) is 8.10. The van der Waals surface area contributed by atoms with Gasteiger partial charge in [-0.05, 0) is 146 Å². The van der Waals surface area contributed by atoms with Gasteiger partial charge in [0.2, 0.25) is 0 Å². The number of furan rings is 1. The summed E-state index contributed by atoms with van der Waals surface area (Å²) in [6.45, 7) is 4.24. The zero-order chi connectivity index (χ0) is 40.4. The van der Waals surface area contributed by atoms with Gasteiger partial charge in [-0.2, -0.15) is 0 Å². The molecular weight excluding hydrogens is 731 g/mol. The van der Waals surface area contributed by atoms with Gasteiger partial charge in [0.15, 0.2) is 0 Å². The molecule has 0 fully saturated rings. The summed E-state index contributed by atoms with van der Waals surface area (Å²) in [5.74, 6) is 0. The molecule has 0 radical (unpaired) electrons. The molecule has 0 aliphatic rings. The molecule has 0 aliphatic carbocycles. The molecule has 60 heavy (non-hydrogen) atoms. The van der Waals surface area contributed by atoms with E-state index in [1.807, 2.05) is 0 Å². The first-order valence-corrected chi connectivity index (χ1v) is 20.4. The second-order valence-electron chi connectivity index (χ2n) is 15.2. The van der Waals surface area contributed by atoms with Crippen LogP contribution in [-0.2, 0) is 0 Å². The van der Waals surface area contributed by atoms with Crippen molar-refractivity contribution < 1.29 is 4.42 Å². The van der Waals surface area contributed by atoms with E-state index in [4.69, 9.17) is 4.42 Å². The number of para-hydroxylation sites is 3. The Morgan fingerprint density at radius 1 is 0.267 bits per heavy atom. The summed E-state index contributed by atoms with van der Waals surface area (Å²) >= 11 is 0. The highest BCUT2D eigenvalue weighted by Gasteiger charge is 2.19. The molecule has 9 aromatic carbocycles.